The molecule has 1 aromatic carbocycles. The van der Waals surface area contributed by atoms with Crippen molar-refractivity contribution in [2.45, 2.75) is 18.7 Å². The minimum Gasteiger partial charge on any atom is -0.207 e. The van der Waals surface area contributed by atoms with Crippen LogP contribution in [0.1, 0.15) is 27.1 Å². The number of hydrogen-bond donors (Lipinski definition) is 0. The molecule has 0 aliphatic rings. The number of benzene rings is 1. The first-order chi connectivity index (χ1) is 7.99. The van der Waals surface area contributed by atoms with Crippen molar-refractivity contribution in [1.29, 1.82) is 0 Å². The van der Waals surface area contributed by atoms with E-state index < -0.39 is 0 Å². The molecule has 0 fully saturated rings. The fraction of sp³-hybridized carbons (Fsp3) is 0.231. The Balaban J connectivity index is 2.47. The van der Waals surface area contributed by atoms with Crippen molar-refractivity contribution in [3.63, 3.8) is 0 Å². The topological polar surface area (TPSA) is 0 Å². The van der Waals surface area contributed by atoms with Gasteiger partial charge >= 0.3 is 0 Å². The third-order valence-electron chi connectivity index (χ3n) is 2.69. The molecular weight excluding hydrogens is 367 g/mol. The van der Waals surface area contributed by atoms with Gasteiger partial charge in [0.1, 0.15) is 5.82 Å². The van der Waals surface area contributed by atoms with E-state index in [0.29, 0.717) is 0 Å². The highest BCUT2D eigenvalue weighted by atomic mass is 79.9. The van der Waals surface area contributed by atoms with Crippen LogP contribution >= 0.6 is 43.2 Å². The second kappa shape index (κ2) is 5.21. The third-order valence-corrected chi connectivity index (χ3v) is 5.20. The first-order valence-electron chi connectivity index (χ1n) is 5.13. The van der Waals surface area contributed by atoms with Gasteiger partial charge in [-0.15, -0.1) is 11.3 Å². The molecule has 2 aromatic rings. The van der Waals surface area contributed by atoms with Crippen LogP contribution in [0, 0.1) is 19.7 Å². The average molecular weight is 378 g/mol. The quantitative estimate of drug-likeness (QED) is 0.584. The van der Waals surface area contributed by atoms with Crippen molar-refractivity contribution in [2.24, 2.45) is 0 Å². The highest BCUT2D eigenvalue weighted by Gasteiger charge is 2.17. The molecule has 1 aromatic heterocycles. The van der Waals surface area contributed by atoms with Crippen molar-refractivity contribution in [2.75, 3.05) is 0 Å². The number of aryl methyl sites for hydroxylation is 2. The molecule has 17 heavy (non-hydrogen) atoms. The molecule has 0 aliphatic carbocycles. The number of halogens is 3. The van der Waals surface area contributed by atoms with Crippen molar-refractivity contribution in [3.05, 3.63) is 55.4 Å². The van der Waals surface area contributed by atoms with Crippen LogP contribution in [0.5, 0.6) is 0 Å². The normalized spacial score (nSPS) is 12.8. The van der Waals surface area contributed by atoms with E-state index in [1.54, 1.807) is 23.5 Å². The molecule has 1 unspecified atom stereocenters. The zero-order valence-corrected chi connectivity index (χ0v) is 13.4. The Morgan fingerprint density at radius 1 is 1.18 bits per heavy atom. The Kier molecular flexibility index (Phi) is 4.06. The van der Waals surface area contributed by atoms with Crippen LogP contribution < -0.4 is 0 Å². The molecule has 90 valence electrons. The lowest BCUT2D eigenvalue weighted by Gasteiger charge is -2.15. The van der Waals surface area contributed by atoms with E-state index in [4.69, 9.17) is 0 Å². The first kappa shape index (κ1) is 13.2. The lowest BCUT2D eigenvalue weighted by Crippen LogP contribution is -1.99. The van der Waals surface area contributed by atoms with Gasteiger partial charge in [0.15, 0.2) is 0 Å². The van der Waals surface area contributed by atoms with Crippen LogP contribution in [0.4, 0.5) is 4.39 Å². The van der Waals surface area contributed by atoms with Gasteiger partial charge in [0.2, 0.25) is 0 Å². The first-order valence-corrected chi connectivity index (χ1v) is 7.72. The maximum absolute atomic E-state index is 13.3. The molecule has 4 heteroatoms. The standard InChI is InChI=1S/C13H11Br2FS/c1-7-3-10(16)4-8(2)12(7)13(15)9-5-11(14)17-6-9/h3-6,13H,1-2H3. The molecule has 0 radical (unpaired) electrons. The van der Waals surface area contributed by atoms with E-state index in [-0.39, 0.29) is 10.6 Å². The van der Waals surface area contributed by atoms with Gasteiger partial charge in [-0.2, -0.15) is 0 Å². The SMILES string of the molecule is Cc1cc(F)cc(C)c1C(Br)c1csc(Br)c1. The van der Waals surface area contributed by atoms with Gasteiger partial charge in [-0.1, -0.05) is 15.9 Å². The summed E-state index contributed by atoms with van der Waals surface area (Å²) in [5.74, 6) is -0.171. The van der Waals surface area contributed by atoms with E-state index >= 15 is 0 Å². The molecule has 0 spiro atoms. The van der Waals surface area contributed by atoms with Crippen LogP contribution in [0.3, 0.4) is 0 Å². The predicted octanol–water partition coefficient (Wildman–Crippen LogP) is 5.75. The highest BCUT2D eigenvalue weighted by Crippen LogP contribution is 2.38. The molecule has 0 amide bonds. The Hall–Kier alpha value is -0.190. The smallest absolute Gasteiger partial charge is 0.123 e. The summed E-state index contributed by atoms with van der Waals surface area (Å²) in [5, 5.41) is 2.10. The van der Waals surface area contributed by atoms with Gasteiger partial charge in [-0.25, -0.2) is 4.39 Å². The Labute approximate surface area is 121 Å². The van der Waals surface area contributed by atoms with Crippen molar-refractivity contribution >= 4 is 43.2 Å². The Bertz CT molecular complexity index is 525. The molecule has 0 bridgehead atoms. The molecule has 0 saturated heterocycles. The van der Waals surface area contributed by atoms with Crippen LogP contribution in [0.15, 0.2) is 27.4 Å². The third kappa shape index (κ3) is 2.80. The summed E-state index contributed by atoms with van der Waals surface area (Å²) < 4.78 is 14.4. The largest absolute Gasteiger partial charge is 0.207 e. The predicted molar refractivity (Wildman–Crippen MR) is 78.7 cm³/mol. The Morgan fingerprint density at radius 2 is 1.76 bits per heavy atom. The minimum absolute atomic E-state index is 0.116. The number of alkyl halides is 1. The van der Waals surface area contributed by atoms with Gasteiger partial charge in [0, 0.05) is 0 Å². The van der Waals surface area contributed by atoms with Gasteiger partial charge in [0.05, 0.1) is 8.61 Å². The molecule has 1 atom stereocenters. The summed E-state index contributed by atoms with van der Waals surface area (Å²) in [6.45, 7) is 3.89. The van der Waals surface area contributed by atoms with Gasteiger partial charge < -0.3 is 0 Å². The monoisotopic (exact) mass is 376 g/mol. The average Bonchev–Trinajstić information content (AvgIpc) is 2.63. The molecular formula is C13H11Br2FS. The molecule has 0 nitrogen and oxygen atoms in total. The summed E-state index contributed by atoms with van der Waals surface area (Å²) in [6.07, 6.45) is 0. The summed E-state index contributed by atoms with van der Waals surface area (Å²) in [6, 6.07) is 5.25. The highest BCUT2D eigenvalue weighted by molar-refractivity contribution is 9.11. The van der Waals surface area contributed by atoms with Gasteiger partial charge in [0.25, 0.3) is 0 Å². The van der Waals surface area contributed by atoms with Gasteiger partial charge in [-0.05, 0) is 75.6 Å². The molecule has 0 aliphatic heterocycles. The van der Waals surface area contributed by atoms with Crippen LogP contribution in [-0.2, 0) is 0 Å². The van der Waals surface area contributed by atoms with Crippen LogP contribution in [-0.4, -0.2) is 0 Å². The van der Waals surface area contributed by atoms with Crippen LogP contribution in [0.2, 0.25) is 0 Å². The summed E-state index contributed by atoms with van der Waals surface area (Å²) in [5.41, 5.74) is 4.30. The van der Waals surface area contributed by atoms with Crippen molar-refractivity contribution in [1.82, 2.24) is 0 Å². The second-order valence-corrected chi connectivity index (χ2v) is 7.21. The fourth-order valence-corrected chi connectivity index (χ4v) is 4.31. The molecule has 0 N–H and O–H groups in total. The molecule has 0 saturated carbocycles. The van der Waals surface area contributed by atoms with Gasteiger partial charge in [-0.3, -0.25) is 0 Å². The van der Waals surface area contributed by atoms with Crippen LogP contribution in [0.25, 0.3) is 0 Å². The van der Waals surface area contributed by atoms with E-state index in [1.165, 1.54) is 5.56 Å². The zero-order chi connectivity index (χ0) is 12.6. The summed E-state index contributed by atoms with van der Waals surface area (Å²) >= 11 is 8.81. The maximum atomic E-state index is 13.3. The maximum Gasteiger partial charge on any atom is 0.123 e. The van der Waals surface area contributed by atoms with E-state index in [9.17, 15) is 4.39 Å². The number of rotatable bonds is 2. The number of hydrogen-bond acceptors (Lipinski definition) is 1. The van der Waals surface area contributed by atoms with E-state index in [2.05, 4.69) is 43.3 Å². The summed E-state index contributed by atoms with van der Waals surface area (Å²) in [7, 11) is 0. The number of thiophene rings is 1. The minimum atomic E-state index is -0.171. The molecule has 2 rings (SSSR count). The van der Waals surface area contributed by atoms with Crippen molar-refractivity contribution < 1.29 is 4.39 Å². The van der Waals surface area contributed by atoms with E-state index in [1.807, 2.05) is 13.8 Å². The molecule has 1 heterocycles. The lowest BCUT2D eigenvalue weighted by molar-refractivity contribution is 0.624. The van der Waals surface area contributed by atoms with E-state index in [0.717, 1.165) is 20.5 Å². The van der Waals surface area contributed by atoms with Crippen molar-refractivity contribution in [3.8, 4) is 0 Å². The fourth-order valence-electron chi connectivity index (χ4n) is 1.94. The summed E-state index contributed by atoms with van der Waals surface area (Å²) in [4.78, 5) is 0.116. The second-order valence-electron chi connectivity index (χ2n) is 4.00. The zero-order valence-electron chi connectivity index (χ0n) is 9.43. The lowest BCUT2D eigenvalue weighted by atomic mass is 9.97. The Morgan fingerprint density at radius 3 is 2.24 bits per heavy atom.